The molecule has 4 rings (SSSR count). The van der Waals surface area contributed by atoms with Gasteiger partial charge in [-0.3, -0.25) is 29.8 Å². The molecule has 2 heterocycles. The van der Waals surface area contributed by atoms with Crippen molar-refractivity contribution in [3.05, 3.63) is 63.7 Å². The second-order valence-electron chi connectivity index (χ2n) is 9.59. The minimum absolute atomic E-state index is 0.186. The zero-order valence-electron chi connectivity index (χ0n) is 21.2. The summed E-state index contributed by atoms with van der Waals surface area (Å²) in [5.41, 5.74) is 2.34. The lowest BCUT2D eigenvalue weighted by Crippen LogP contribution is -2.51. The molecule has 14 heteroatoms. The molecule has 11 nitrogen and oxygen atoms in total. The van der Waals surface area contributed by atoms with Crippen LogP contribution < -0.4 is 21.3 Å². The number of nitrogens with two attached hydrogens (primary N) is 1. The predicted molar refractivity (Wildman–Crippen MR) is 133 cm³/mol. The Hall–Kier alpha value is -4.49. The number of nitrogen functional groups attached to an aromatic ring is 1. The number of carbonyl (C=O) groups excluding carboxylic acids is 4. The number of nitro benzene ring substituents is 1. The van der Waals surface area contributed by atoms with Crippen LogP contribution in [0.3, 0.4) is 0 Å². The number of nitrogens with one attached hydrogen (secondary N) is 2. The number of piperidine rings is 1. The van der Waals surface area contributed by atoms with Crippen LogP contribution in [-0.2, 0) is 26.0 Å². The smallest absolute Gasteiger partial charge is 0.399 e. The van der Waals surface area contributed by atoms with Crippen molar-refractivity contribution in [2.24, 2.45) is 0 Å². The van der Waals surface area contributed by atoms with Gasteiger partial charge in [-0.1, -0.05) is 19.1 Å². The van der Waals surface area contributed by atoms with E-state index in [1.165, 1.54) is 13.8 Å². The normalized spacial score (nSPS) is 20.6. The molecule has 0 spiro atoms. The largest absolute Gasteiger partial charge is 0.423 e. The van der Waals surface area contributed by atoms with Crippen LogP contribution in [0, 0.1) is 10.1 Å². The predicted octanol–water partition coefficient (Wildman–Crippen LogP) is 3.80. The minimum Gasteiger partial charge on any atom is -0.399 e. The Kier molecular flexibility index (Phi) is 7.71. The molecule has 208 valence electrons. The minimum atomic E-state index is -4.99. The quantitative estimate of drug-likeness (QED) is 0.172. The van der Waals surface area contributed by atoms with Gasteiger partial charge in [-0.25, -0.2) is 9.69 Å². The van der Waals surface area contributed by atoms with Crippen LogP contribution in [-0.4, -0.2) is 34.2 Å². The van der Waals surface area contributed by atoms with Gasteiger partial charge >= 0.3 is 12.2 Å². The fourth-order valence-corrected chi connectivity index (χ4v) is 4.40. The van der Waals surface area contributed by atoms with E-state index < -0.39 is 45.2 Å². The van der Waals surface area contributed by atoms with Crippen molar-refractivity contribution in [2.45, 2.75) is 57.2 Å². The number of carbonyl (C=O) groups is 4. The molecule has 2 aromatic rings. The number of hydrogen-bond donors (Lipinski definition) is 3. The molecule has 0 aromatic heterocycles. The van der Waals surface area contributed by atoms with Crippen LogP contribution in [0.5, 0.6) is 0 Å². The monoisotopic (exact) mass is 549 g/mol. The molecule has 2 aromatic carbocycles. The molecule has 0 aliphatic carbocycles. The van der Waals surface area contributed by atoms with E-state index >= 15 is 0 Å². The van der Waals surface area contributed by atoms with Crippen molar-refractivity contribution in [1.82, 2.24) is 10.6 Å². The van der Waals surface area contributed by atoms with Crippen LogP contribution in [0.1, 0.15) is 51.2 Å². The van der Waals surface area contributed by atoms with Gasteiger partial charge in [0.1, 0.15) is 11.1 Å². The Labute approximate surface area is 220 Å². The van der Waals surface area contributed by atoms with E-state index in [-0.39, 0.29) is 17.5 Å². The summed E-state index contributed by atoms with van der Waals surface area (Å²) in [4.78, 5) is 57.1. The number of imide groups is 2. The average molecular weight is 550 g/mol. The van der Waals surface area contributed by atoms with Gasteiger partial charge in [0, 0.05) is 18.2 Å². The Bertz CT molecular complexity index is 1340. The van der Waals surface area contributed by atoms with Gasteiger partial charge in [-0.05, 0) is 56.5 Å². The molecule has 1 atom stereocenters. The lowest BCUT2D eigenvalue weighted by molar-refractivity contribution is -0.388. The Morgan fingerprint density at radius 3 is 2.15 bits per heavy atom. The van der Waals surface area contributed by atoms with E-state index in [2.05, 4.69) is 10.6 Å². The maximum absolute atomic E-state index is 12.9. The van der Waals surface area contributed by atoms with Gasteiger partial charge in [0.2, 0.25) is 11.8 Å². The third-order valence-electron chi connectivity index (χ3n) is 6.63. The number of amides is 5. The summed E-state index contributed by atoms with van der Waals surface area (Å²) in [6.07, 6.45) is -3.36. The van der Waals surface area contributed by atoms with E-state index in [0.717, 1.165) is 11.6 Å². The van der Waals surface area contributed by atoms with Crippen molar-refractivity contribution in [3.63, 3.8) is 0 Å². The highest BCUT2D eigenvalue weighted by Gasteiger charge is 2.47. The summed E-state index contributed by atoms with van der Waals surface area (Å²) in [5, 5.41) is 15.4. The summed E-state index contributed by atoms with van der Waals surface area (Å²) in [6.45, 7) is 4.75. The standard InChI is InChI=1S/C13H16N2O2.C12H10F3N3O4/c1-2-13(8-7-11(16)15-12(13)17)9-3-5-10(14)6-4-9;1-11(2)9(19)17(10(20)16-11)6-3-4-8(18(21)22)7(5-6)12(13,14)15/h3-6H,2,7-8,14H2,1H3,(H,15,16,17);3-5H,1-2H3,(H,16,20). The molecule has 2 aliphatic rings. The molecular formula is C25H26F3N5O6. The Balaban J connectivity index is 0.000000223. The van der Waals surface area contributed by atoms with Crippen LogP contribution in [0.15, 0.2) is 42.5 Å². The number of hydrogen-bond acceptors (Lipinski definition) is 7. The Morgan fingerprint density at radius 2 is 1.69 bits per heavy atom. The molecule has 2 aliphatic heterocycles. The van der Waals surface area contributed by atoms with Crippen LogP contribution in [0.4, 0.5) is 35.0 Å². The van der Waals surface area contributed by atoms with E-state index in [1.54, 1.807) is 12.1 Å². The SMILES string of the molecule is CC1(C)NC(=O)N(c2ccc([N+](=O)[O-])c(C(F)(F)F)c2)C1=O.CCC1(c2ccc(N)cc2)CCC(=O)NC1=O. The fourth-order valence-electron chi connectivity index (χ4n) is 4.40. The summed E-state index contributed by atoms with van der Waals surface area (Å²) >= 11 is 0. The summed E-state index contributed by atoms with van der Waals surface area (Å²) in [6, 6.07) is 8.37. The van der Waals surface area contributed by atoms with Crippen molar-refractivity contribution >= 4 is 40.8 Å². The molecular weight excluding hydrogens is 523 g/mol. The molecule has 1 unspecified atom stereocenters. The maximum Gasteiger partial charge on any atom is 0.423 e. The molecule has 0 bridgehead atoms. The van der Waals surface area contributed by atoms with Crippen molar-refractivity contribution in [1.29, 1.82) is 0 Å². The molecule has 0 saturated carbocycles. The fraction of sp³-hybridized carbons (Fsp3) is 0.360. The lowest BCUT2D eigenvalue weighted by Gasteiger charge is -2.34. The molecule has 5 amide bonds. The summed E-state index contributed by atoms with van der Waals surface area (Å²) in [7, 11) is 0. The zero-order chi connectivity index (χ0) is 29.3. The van der Waals surface area contributed by atoms with Gasteiger partial charge in [-0.2, -0.15) is 13.2 Å². The molecule has 39 heavy (non-hydrogen) atoms. The van der Waals surface area contributed by atoms with Gasteiger partial charge in [0.05, 0.1) is 16.0 Å². The van der Waals surface area contributed by atoms with E-state index in [4.69, 9.17) is 5.73 Å². The number of rotatable bonds is 4. The first kappa shape index (κ1) is 29.1. The highest BCUT2D eigenvalue weighted by atomic mass is 19.4. The Morgan fingerprint density at radius 1 is 1.08 bits per heavy atom. The molecule has 2 saturated heterocycles. The number of nitro groups is 1. The number of halogens is 3. The molecule has 0 radical (unpaired) electrons. The van der Waals surface area contributed by atoms with E-state index in [1.807, 2.05) is 19.1 Å². The summed E-state index contributed by atoms with van der Waals surface area (Å²) < 4.78 is 38.7. The van der Waals surface area contributed by atoms with Crippen molar-refractivity contribution < 1.29 is 37.3 Å². The highest BCUT2D eigenvalue weighted by Crippen LogP contribution is 2.39. The average Bonchev–Trinajstić information content (AvgIpc) is 3.05. The number of urea groups is 1. The van der Waals surface area contributed by atoms with Crippen LogP contribution in [0.2, 0.25) is 0 Å². The first-order chi connectivity index (χ1) is 18.0. The number of nitrogens with zero attached hydrogens (tertiary/aromatic N) is 2. The van der Waals surface area contributed by atoms with Crippen LogP contribution in [0.25, 0.3) is 0 Å². The van der Waals surface area contributed by atoms with E-state index in [0.29, 0.717) is 42.0 Å². The highest BCUT2D eigenvalue weighted by molar-refractivity contribution is 6.23. The van der Waals surface area contributed by atoms with Gasteiger partial charge in [0.25, 0.3) is 11.6 Å². The number of anilines is 2. The summed E-state index contributed by atoms with van der Waals surface area (Å²) in [5.74, 6) is -1.13. The second kappa shape index (κ2) is 10.3. The molecule has 2 fully saturated rings. The number of benzene rings is 2. The third kappa shape index (κ3) is 5.68. The second-order valence-corrected chi connectivity index (χ2v) is 9.59. The van der Waals surface area contributed by atoms with Crippen molar-refractivity contribution in [3.8, 4) is 0 Å². The molecule has 4 N–H and O–H groups in total. The zero-order valence-corrected chi connectivity index (χ0v) is 21.2. The first-order valence-electron chi connectivity index (χ1n) is 11.8. The third-order valence-corrected chi connectivity index (χ3v) is 6.63. The lowest BCUT2D eigenvalue weighted by atomic mass is 9.72. The maximum atomic E-state index is 12.9. The van der Waals surface area contributed by atoms with Gasteiger partial charge in [-0.15, -0.1) is 0 Å². The van der Waals surface area contributed by atoms with Crippen molar-refractivity contribution in [2.75, 3.05) is 10.6 Å². The van der Waals surface area contributed by atoms with Gasteiger partial charge < -0.3 is 11.1 Å². The number of alkyl halides is 3. The topological polar surface area (TPSA) is 165 Å². The van der Waals surface area contributed by atoms with E-state index in [9.17, 15) is 42.5 Å². The van der Waals surface area contributed by atoms with Crippen LogP contribution >= 0.6 is 0 Å². The van der Waals surface area contributed by atoms with Gasteiger partial charge in [0.15, 0.2) is 0 Å². The first-order valence-corrected chi connectivity index (χ1v) is 11.8.